The van der Waals surface area contributed by atoms with Gasteiger partial charge in [0.05, 0.1) is 12.7 Å². The summed E-state index contributed by atoms with van der Waals surface area (Å²) >= 11 is 0. The highest BCUT2D eigenvalue weighted by molar-refractivity contribution is 5.57. The van der Waals surface area contributed by atoms with Crippen molar-refractivity contribution < 1.29 is 9.21 Å². The van der Waals surface area contributed by atoms with Gasteiger partial charge in [-0.3, -0.25) is 0 Å². The number of aromatic nitrogens is 1. The molecule has 0 saturated carbocycles. The number of carbonyl (C=O) groups is 1. The number of rotatable bonds is 6. The highest BCUT2D eigenvalue weighted by Gasteiger charge is 2.05. The summed E-state index contributed by atoms with van der Waals surface area (Å²) < 4.78 is 5.64. The van der Waals surface area contributed by atoms with Gasteiger partial charge in [0.1, 0.15) is 6.29 Å². The summed E-state index contributed by atoms with van der Waals surface area (Å²) in [5.74, 6) is 1.41. The lowest BCUT2D eigenvalue weighted by atomic mass is 10.1. The Bertz CT molecular complexity index is 520. The van der Waals surface area contributed by atoms with Gasteiger partial charge in [0, 0.05) is 18.5 Å². The Balaban J connectivity index is 1.99. The standard InChI is InChI=1S/C14H16N2O2/c1-11-4-2-5-12(8-11)13-9-16-14(18-13)10-15-6-3-7-17/h2,4-5,7-9,15H,3,6,10H2,1H3. The largest absolute Gasteiger partial charge is 0.439 e. The number of nitrogens with one attached hydrogen (secondary N) is 1. The van der Waals surface area contributed by atoms with Gasteiger partial charge < -0.3 is 14.5 Å². The predicted molar refractivity (Wildman–Crippen MR) is 69.1 cm³/mol. The van der Waals surface area contributed by atoms with Gasteiger partial charge in [-0.15, -0.1) is 0 Å². The number of oxazole rings is 1. The summed E-state index contributed by atoms with van der Waals surface area (Å²) in [5, 5.41) is 3.09. The summed E-state index contributed by atoms with van der Waals surface area (Å²) in [4.78, 5) is 14.4. The summed E-state index contributed by atoms with van der Waals surface area (Å²) in [5.41, 5.74) is 2.22. The molecule has 1 aromatic heterocycles. The Morgan fingerprint density at radius 1 is 1.44 bits per heavy atom. The maximum atomic E-state index is 10.2. The first-order chi connectivity index (χ1) is 8.79. The predicted octanol–water partition coefficient (Wildman–Crippen LogP) is 2.33. The summed E-state index contributed by atoms with van der Waals surface area (Å²) in [6, 6.07) is 8.10. The lowest BCUT2D eigenvalue weighted by molar-refractivity contribution is -0.107. The van der Waals surface area contributed by atoms with Crippen LogP contribution in [0.2, 0.25) is 0 Å². The number of nitrogens with zero attached hydrogens (tertiary/aromatic N) is 1. The molecule has 4 nitrogen and oxygen atoms in total. The molecule has 4 heteroatoms. The van der Waals surface area contributed by atoms with E-state index in [1.54, 1.807) is 6.20 Å². The van der Waals surface area contributed by atoms with E-state index in [2.05, 4.69) is 16.4 Å². The molecule has 2 aromatic rings. The zero-order chi connectivity index (χ0) is 12.8. The number of carbonyl (C=O) groups excluding carboxylic acids is 1. The molecule has 0 aliphatic heterocycles. The van der Waals surface area contributed by atoms with Gasteiger partial charge in [0.2, 0.25) is 5.89 Å². The Kier molecular flexibility index (Phi) is 4.25. The normalized spacial score (nSPS) is 10.5. The SMILES string of the molecule is Cc1cccc(-c2cnc(CNCCC=O)o2)c1. The van der Waals surface area contributed by atoms with E-state index in [0.29, 0.717) is 25.4 Å². The zero-order valence-electron chi connectivity index (χ0n) is 10.3. The molecule has 0 aliphatic carbocycles. The van der Waals surface area contributed by atoms with Crippen LogP contribution in [-0.4, -0.2) is 17.8 Å². The monoisotopic (exact) mass is 244 g/mol. The Morgan fingerprint density at radius 3 is 3.11 bits per heavy atom. The summed E-state index contributed by atoms with van der Waals surface area (Å²) in [7, 11) is 0. The Labute approximate surface area is 106 Å². The fourth-order valence-corrected chi connectivity index (χ4v) is 1.68. The number of aldehydes is 1. The molecule has 0 atom stereocenters. The molecule has 1 heterocycles. The molecular formula is C14H16N2O2. The minimum absolute atomic E-state index is 0.505. The van der Waals surface area contributed by atoms with Crippen molar-refractivity contribution in [3.63, 3.8) is 0 Å². The van der Waals surface area contributed by atoms with Gasteiger partial charge in [0.25, 0.3) is 0 Å². The van der Waals surface area contributed by atoms with Crippen LogP contribution < -0.4 is 5.32 Å². The highest BCUT2D eigenvalue weighted by atomic mass is 16.4. The van der Waals surface area contributed by atoms with Crippen molar-refractivity contribution in [3.8, 4) is 11.3 Å². The topological polar surface area (TPSA) is 55.1 Å². The van der Waals surface area contributed by atoms with Crippen LogP contribution in [0.5, 0.6) is 0 Å². The number of hydrogen-bond acceptors (Lipinski definition) is 4. The van der Waals surface area contributed by atoms with E-state index in [1.807, 2.05) is 25.1 Å². The second-order valence-electron chi connectivity index (χ2n) is 4.12. The van der Waals surface area contributed by atoms with Crippen LogP contribution in [0.1, 0.15) is 17.9 Å². The van der Waals surface area contributed by atoms with Gasteiger partial charge in [-0.2, -0.15) is 0 Å². The van der Waals surface area contributed by atoms with Gasteiger partial charge in [0.15, 0.2) is 5.76 Å². The maximum Gasteiger partial charge on any atom is 0.208 e. The first-order valence-electron chi connectivity index (χ1n) is 5.95. The molecule has 0 aliphatic rings. The molecule has 2 rings (SSSR count). The van der Waals surface area contributed by atoms with Gasteiger partial charge >= 0.3 is 0 Å². The minimum atomic E-state index is 0.505. The van der Waals surface area contributed by atoms with E-state index in [1.165, 1.54) is 5.56 Å². The first kappa shape index (κ1) is 12.5. The van der Waals surface area contributed by atoms with E-state index in [9.17, 15) is 4.79 Å². The molecule has 1 aromatic carbocycles. The zero-order valence-corrected chi connectivity index (χ0v) is 10.3. The Morgan fingerprint density at radius 2 is 2.33 bits per heavy atom. The molecule has 0 fully saturated rings. The van der Waals surface area contributed by atoms with Crippen molar-refractivity contribution in [1.29, 1.82) is 0 Å². The van der Waals surface area contributed by atoms with E-state index < -0.39 is 0 Å². The molecule has 0 radical (unpaired) electrons. The van der Waals surface area contributed by atoms with Crippen LogP contribution in [0.4, 0.5) is 0 Å². The third-order valence-electron chi connectivity index (χ3n) is 2.57. The highest BCUT2D eigenvalue weighted by Crippen LogP contribution is 2.21. The van der Waals surface area contributed by atoms with E-state index >= 15 is 0 Å². The minimum Gasteiger partial charge on any atom is -0.439 e. The van der Waals surface area contributed by atoms with E-state index in [0.717, 1.165) is 17.6 Å². The van der Waals surface area contributed by atoms with Gasteiger partial charge in [-0.25, -0.2) is 4.98 Å². The molecule has 1 N–H and O–H groups in total. The molecule has 0 amide bonds. The average molecular weight is 244 g/mol. The molecule has 0 unspecified atom stereocenters. The van der Waals surface area contributed by atoms with Crippen molar-refractivity contribution in [2.45, 2.75) is 19.9 Å². The smallest absolute Gasteiger partial charge is 0.208 e. The molecule has 0 bridgehead atoms. The van der Waals surface area contributed by atoms with Crippen molar-refractivity contribution >= 4 is 6.29 Å². The Hall–Kier alpha value is -1.94. The van der Waals surface area contributed by atoms with Crippen molar-refractivity contribution in [2.75, 3.05) is 6.54 Å². The third kappa shape index (κ3) is 3.28. The van der Waals surface area contributed by atoms with Crippen LogP contribution in [0.15, 0.2) is 34.9 Å². The van der Waals surface area contributed by atoms with Crippen molar-refractivity contribution in [1.82, 2.24) is 10.3 Å². The number of aryl methyl sites for hydroxylation is 1. The number of hydrogen-bond donors (Lipinski definition) is 1. The third-order valence-corrected chi connectivity index (χ3v) is 2.57. The van der Waals surface area contributed by atoms with Gasteiger partial charge in [-0.05, 0) is 13.0 Å². The molecule has 94 valence electrons. The van der Waals surface area contributed by atoms with Crippen molar-refractivity contribution in [3.05, 3.63) is 41.9 Å². The summed E-state index contributed by atoms with van der Waals surface area (Å²) in [6.07, 6.45) is 3.12. The molecule has 0 spiro atoms. The summed E-state index contributed by atoms with van der Waals surface area (Å²) in [6.45, 7) is 3.23. The lowest BCUT2D eigenvalue weighted by Gasteiger charge is -1.99. The first-order valence-corrected chi connectivity index (χ1v) is 5.95. The lowest BCUT2D eigenvalue weighted by Crippen LogP contribution is -2.14. The quantitative estimate of drug-likeness (QED) is 0.626. The average Bonchev–Trinajstić information content (AvgIpc) is 2.83. The van der Waals surface area contributed by atoms with Crippen LogP contribution in [-0.2, 0) is 11.3 Å². The van der Waals surface area contributed by atoms with E-state index in [-0.39, 0.29) is 0 Å². The molecule has 0 saturated heterocycles. The van der Waals surface area contributed by atoms with Crippen LogP contribution in [0, 0.1) is 6.92 Å². The fraction of sp³-hybridized carbons (Fsp3) is 0.286. The fourth-order valence-electron chi connectivity index (χ4n) is 1.68. The number of benzene rings is 1. The van der Waals surface area contributed by atoms with Crippen molar-refractivity contribution in [2.24, 2.45) is 0 Å². The molecular weight excluding hydrogens is 228 g/mol. The molecule has 18 heavy (non-hydrogen) atoms. The van der Waals surface area contributed by atoms with E-state index in [4.69, 9.17) is 4.42 Å². The second kappa shape index (κ2) is 6.12. The van der Waals surface area contributed by atoms with Crippen LogP contribution in [0.25, 0.3) is 11.3 Å². The maximum absolute atomic E-state index is 10.2. The van der Waals surface area contributed by atoms with Crippen LogP contribution in [0.3, 0.4) is 0 Å². The van der Waals surface area contributed by atoms with Gasteiger partial charge in [-0.1, -0.05) is 23.8 Å². The van der Waals surface area contributed by atoms with Crippen LogP contribution >= 0.6 is 0 Å². The second-order valence-corrected chi connectivity index (χ2v) is 4.12.